The van der Waals surface area contributed by atoms with E-state index in [0.717, 1.165) is 50.3 Å². The summed E-state index contributed by atoms with van der Waals surface area (Å²) in [5, 5.41) is 11.7. The van der Waals surface area contributed by atoms with Gasteiger partial charge in [0.2, 0.25) is 0 Å². The fraction of sp³-hybridized carbons (Fsp3) is 0.571. The normalized spacial score (nSPS) is 18.3. The summed E-state index contributed by atoms with van der Waals surface area (Å²) in [6, 6.07) is 6.64. The SMILES string of the molecule is CCN1CCc2c(cccc2-n2nnc(C(=O)NC3CCCCC3)c2C)C1. The molecule has 0 unspecified atom stereocenters. The number of likely N-dealkylation sites (N-methyl/N-ethyl adjacent to an activating group) is 1. The van der Waals surface area contributed by atoms with Crippen molar-refractivity contribution in [1.82, 2.24) is 25.2 Å². The smallest absolute Gasteiger partial charge is 0.273 e. The molecule has 2 aliphatic rings. The topological polar surface area (TPSA) is 63.1 Å². The molecule has 27 heavy (non-hydrogen) atoms. The predicted octanol–water partition coefficient (Wildman–Crippen LogP) is 3.02. The Morgan fingerprint density at radius 3 is 2.85 bits per heavy atom. The summed E-state index contributed by atoms with van der Waals surface area (Å²) in [7, 11) is 0. The minimum atomic E-state index is -0.0902. The Morgan fingerprint density at radius 1 is 1.26 bits per heavy atom. The van der Waals surface area contributed by atoms with Crippen LogP contribution in [0.15, 0.2) is 18.2 Å². The van der Waals surface area contributed by atoms with E-state index in [1.54, 1.807) is 0 Å². The molecule has 1 aliphatic heterocycles. The van der Waals surface area contributed by atoms with Crippen molar-refractivity contribution in [1.29, 1.82) is 0 Å². The molecule has 0 saturated heterocycles. The third-order valence-corrected chi connectivity index (χ3v) is 6.05. The van der Waals surface area contributed by atoms with Crippen LogP contribution in [0, 0.1) is 6.92 Å². The van der Waals surface area contributed by atoms with Crippen LogP contribution in [-0.2, 0) is 13.0 Å². The molecule has 2 aromatic rings. The van der Waals surface area contributed by atoms with Crippen LogP contribution in [0.2, 0.25) is 0 Å². The van der Waals surface area contributed by atoms with Crippen LogP contribution < -0.4 is 5.32 Å². The van der Waals surface area contributed by atoms with Gasteiger partial charge in [-0.1, -0.05) is 43.5 Å². The molecule has 6 nitrogen and oxygen atoms in total. The van der Waals surface area contributed by atoms with Crippen molar-refractivity contribution in [2.24, 2.45) is 0 Å². The van der Waals surface area contributed by atoms with Crippen molar-refractivity contribution in [2.75, 3.05) is 13.1 Å². The number of carbonyl (C=O) groups is 1. The largest absolute Gasteiger partial charge is 0.348 e. The Morgan fingerprint density at radius 2 is 2.07 bits per heavy atom. The fourth-order valence-corrected chi connectivity index (χ4v) is 4.38. The lowest BCUT2D eigenvalue weighted by atomic mass is 9.95. The summed E-state index contributed by atoms with van der Waals surface area (Å²) in [6.45, 7) is 7.24. The summed E-state index contributed by atoms with van der Waals surface area (Å²) >= 11 is 0. The van der Waals surface area contributed by atoms with Crippen LogP contribution >= 0.6 is 0 Å². The third kappa shape index (κ3) is 3.63. The Balaban J connectivity index is 1.58. The molecule has 4 rings (SSSR count). The number of nitrogens with one attached hydrogen (secondary N) is 1. The van der Waals surface area contributed by atoms with E-state index in [9.17, 15) is 4.79 Å². The van der Waals surface area contributed by atoms with E-state index in [2.05, 4.69) is 45.7 Å². The van der Waals surface area contributed by atoms with Crippen molar-refractivity contribution < 1.29 is 4.79 Å². The van der Waals surface area contributed by atoms with E-state index in [1.807, 2.05) is 11.6 Å². The summed E-state index contributed by atoms with van der Waals surface area (Å²) in [4.78, 5) is 15.2. The lowest BCUT2D eigenvalue weighted by molar-refractivity contribution is 0.0922. The van der Waals surface area contributed by atoms with Gasteiger partial charge in [0.15, 0.2) is 5.69 Å². The molecule has 1 fully saturated rings. The number of nitrogens with zero attached hydrogens (tertiary/aromatic N) is 4. The first kappa shape index (κ1) is 18.2. The van der Waals surface area contributed by atoms with Gasteiger partial charge in [-0.15, -0.1) is 5.10 Å². The average Bonchev–Trinajstić information content (AvgIpc) is 3.09. The monoisotopic (exact) mass is 367 g/mol. The van der Waals surface area contributed by atoms with Gasteiger partial charge in [0, 0.05) is 19.1 Å². The second kappa shape index (κ2) is 7.80. The number of hydrogen-bond acceptors (Lipinski definition) is 4. The van der Waals surface area contributed by atoms with Crippen LogP contribution in [0.5, 0.6) is 0 Å². The quantitative estimate of drug-likeness (QED) is 0.902. The Labute approximate surface area is 160 Å². The van der Waals surface area contributed by atoms with Crippen molar-refractivity contribution in [3.8, 4) is 5.69 Å². The molecule has 144 valence electrons. The number of hydrogen-bond donors (Lipinski definition) is 1. The minimum absolute atomic E-state index is 0.0902. The fourth-order valence-electron chi connectivity index (χ4n) is 4.38. The first-order valence-corrected chi connectivity index (χ1v) is 10.2. The van der Waals surface area contributed by atoms with Crippen molar-refractivity contribution >= 4 is 5.91 Å². The van der Waals surface area contributed by atoms with Crippen LogP contribution in [0.1, 0.15) is 66.3 Å². The van der Waals surface area contributed by atoms with Crippen molar-refractivity contribution in [3.05, 3.63) is 40.7 Å². The van der Waals surface area contributed by atoms with E-state index in [0.29, 0.717) is 5.69 Å². The maximum absolute atomic E-state index is 12.7. The van der Waals surface area contributed by atoms with E-state index >= 15 is 0 Å². The molecule has 1 amide bonds. The third-order valence-electron chi connectivity index (χ3n) is 6.05. The summed E-state index contributed by atoms with van der Waals surface area (Å²) in [6.07, 6.45) is 6.81. The molecule has 1 aromatic heterocycles. The summed E-state index contributed by atoms with van der Waals surface area (Å²) in [5.41, 5.74) is 5.00. The zero-order valence-electron chi connectivity index (χ0n) is 16.4. The van der Waals surface area contributed by atoms with Gasteiger partial charge in [0.25, 0.3) is 5.91 Å². The van der Waals surface area contributed by atoms with Crippen LogP contribution in [0.25, 0.3) is 5.69 Å². The van der Waals surface area contributed by atoms with Gasteiger partial charge in [-0.2, -0.15) is 0 Å². The van der Waals surface area contributed by atoms with Crippen LogP contribution in [0.3, 0.4) is 0 Å². The van der Waals surface area contributed by atoms with Gasteiger partial charge >= 0.3 is 0 Å². The Bertz CT molecular complexity index is 822. The molecule has 1 N–H and O–H groups in total. The first-order chi connectivity index (χ1) is 13.2. The maximum atomic E-state index is 12.7. The van der Waals surface area contributed by atoms with E-state index < -0.39 is 0 Å². The molecule has 1 aromatic carbocycles. The maximum Gasteiger partial charge on any atom is 0.273 e. The van der Waals surface area contributed by atoms with Crippen molar-refractivity contribution in [2.45, 2.75) is 65.0 Å². The molecule has 2 heterocycles. The number of fused-ring (bicyclic) bond motifs is 1. The van der Waals surface area contributed by atoms with Gasteiger partial charge in [-0.3, -0.25) is 9.69 Å². The highest BCUT2D eigenvalue weighted by Gasteiger charge is 2.24. The van der Waals surface area contributed by atoms with Gasteiger partial charge in [0.1, 0.15) is 0 Å². The molecule has 0 spiro atoms. The summed E-state index contributed by atoms with van der Waals surface area (Å²) < 4.78 is 1.84. The van der Waals surface area contributed by atoms with Crippen LogP contribution in [0.4, 0.5) is 0 Å². The van der Waals surface area contributed by atoms with Crippen molar-refractivity contribution in [3.63, 3.8) is 0 Å². The highest BCUT2D eigenvalue weighted by molar-refractivity contribution is 5.93. The zero-order valence-corrected chi connectivity index (χ0v) is 16.4. The second-order valence-corrected chi connectivity index (χ2v) is 7.78. The number of amides is 1. The van der Waals surface area contributed by atoms with E-state index in [-0.39, 0.29) is 11.9 Å². The molecule has 1 aliphatic carbocycles. The number of rotatable bonds is 4. The molecule has 1 saturated carbocycles. The number of benzene rings is 1. The Kier molecular flexibility index (Phi) is 5.25. The van der Waals surface area contributed by atoms with E-state index in [1.165, 1.54) is 30.4 Å². The lowest BCUT2D eigenvalue weighted by Gasteiger charge is -2.29. The highest BCUT2D eigenvalue weighted by atomic mass is 16.2. The Hall–Kier alpha value is -2.21. The second-order valence-electron chi connectivity index (χ2n) is 7.78. The molecule has 0 bridgehead atoms. The highest BCUT2D eigenvalue weighted by Crippen LogP contribution is 2.26. The molecule has 0 radical (unpaired) electrons. The molecular weight excluding hydrogens is 338 g/mol. The number of aromatic nitrogens is 3. The molecule has 0 atom stereocenters. The summed E-state index contributed by atoms with van der Waals surface area (Å²) in [5.74, 6) is -0.0902. The average molecular weight is 367 g/mol. The minimum Gasteiger partial charge on any atom is -0.348 e. The molecule has 6 heteroatoms. The molecular formula is C21H29N5O. The lowest BCUT2D eigenvalue weighted by Crippen LogP contribution is -2.36. The first-order valence-electron chi connectivity index (χ1n) is 10.2. The standard InChI is InChI=1S/C21H29N5O/c1-3-25-13-12-18-16(14-25)8-7-11-19(18)26-15(2)20(23-24-26)21(27)22-17-9-5-4-6-10-17/h7-8,11,17H,3-6,9-10,12-14H2,1-2H3,(H,22,27). The van der Waals surface area contributed by atoms with Crippen LogP contribution in [-0.4, -0.2) is 44.9 Å². The van der Waals surface area contributed by atoms with Gasteiger partial charge in [0.05, 0.1) is 11.4 Å². The predicted molar refractivity (Wildman–Crippen MR) is 105 cm³/mol. The zero-order chi connectivity index (χ0) is 18.8. The van der Waals surface area contributed by atoms with Gasteiger partial charge in [-0.25, -0.2) is 4.68 Å². The van der Waals surface area contributed by atoms with E-state index in [4.69, 9.17) is 0 Å². The van der Waals surface area contributed by atoms with Gasteiger partial charge < -0.3 is 5.32 Å². The van der Waals surface area contributed by atoms with Gasteiger partial charge in [-0.05, 0) is 49.9 Å². The number of carbonyl (C=O) groups excluding carboxylic acids is 1.